The zero-order valence-electron chi connectivity index (χ0n) is 20.3. The van der Waals surface area contributed by atoms with Gasteiger partial charge >= 0.3 is 29.6 Å². The summed E-state index contributed by atoms with van der Waals surface area (Å²) in [7, 11) is -3.08. The molecule has 190 valence electrons. The molecule has 0 aliphatic rings. The number of aryl methyl sites for hydroxylation is 1. The average molecular weight is 582 g/mol. The summed E-state index contributed by atoms with van der Waals surface area (Å²) in [6.07, 6.45) is 0. The van der Waals surface area contributed by atoms with Crippen molar-refractivity contribution in [3.8, 4) is 11.5 Å². The van der Waals surface area contributed by atoms with E-state index in [1.807, 2.05) is 0 Å². The van der Waals surface area contributed by atoms with Crippen LogP contribution in [0.5, 0.6) is 11.5 Å². The van der Waals surface area contributed by atoms with Crippen molar-refractivity contribution in [1.29, 1.82) is 0 Å². The van der Waals surface area contributed by atoms with E-state index in [9.17, 15) is 22.9 Å². The number of anilines is 1. The van der Waals surface area contributed by atoms with Crippen molar-refractivity contribution in [3.63, 3.8) is 0 Å². The molecule has 0 aliphatic carbocycles. The molecule has 4 aromatic rings. The maximum atomic E-state index is 13.4. The van der Waals surface area contributed by atoms with Crippen LogP contribution in [0.3, 0.4) is 0 Å². The number of azo groups is 1. The molecule has 0 unspecified atom stereocenters. The third kappa shape index (κ3) is 6.29. The van der Waals surface area contributed by atoms with Gasteiger partial charge in [0, 0.05) is 17.0 Å². The van der Waals surface area contributed by atoms with Crippen molar-refractivity contribution >= 4 is 67.1 Å². The minimum absolute atomic E-state index is 0. The van der Waals surface area contributed by atoms with Crippen molar-refractivity contribution in [3.05, 3.63) is 81.8 Å². The summed E-state index contributed by atoms with van der Waals surface area (Å²) in [4.78, 5) is 12.7. The molecule has 0 atom stereocenters. The Labute approximate surface area is 250 Å². The van der Waals surface area contributed by atoms with Gasteiger partial charge in [-0.05, 0) is 48.2 Å². The van der Waals surface area contributed by atoms with Crippen molar-refractivity contribution < 1.29 is 57.2 Å². The maximum absolute atomic E-state index is 13.4. The van der Waals surface area contributed by atoms with Crippen molar-refractivity contribution in [2.75, 3.05) is 12.4 Å². The summed E-state index contributed by atoms with van der Waals surface area (Å²) in [6, 6.07) is 15.1. The first-order valence-corrected chi connectivity index (χ1v) is 12.8. The molecular weight excluding hydrogens is 564 g/mol. The number of rotatable bonds is 6. The van der Waals surface area contributed by atoms with Crippen molar-refractivity contribution in [2.24, 2.45) is 10.2 Å². The van der Waals surface area contributed by atoms with Gasteiger partial charge < -0.3 is 15.2 Å². The number of fused-ring (bicyclic) bond motifs is 1. The Morgan fingerprint density at radius 2 is 1.76 bits per heavy atom. The molecule has 0 radical (unpaired) electrons. The Hall–Kier alpha value is -2.70. The fraction of sp³-hybridized carbons (Fsp3) is 0.0800. The third-order valence-corrected chi connectivity index (χ3v) is 7.06. The van der Waals surface area contributed by atoms with E-state index in [-0.39, 0.29) is 62.2 Å². The minimum atomic E-state index is -4.54. The van der Waals surface area contributed by atoms with Gasteiger partial charge in [-0.1, -0.05) is 53.2 Å². The smallest absolute Gasteiger partial charge is 0.870 e. The van der Waals surface area contributed by atoms with Gasteiger partial charge in [-0.2, -0.15) is 13.5 Å². The molecular formula is C25H18Cl2N3NaO6S. The molecule has 1 amide bonds. The van der Waals surface area contributed by atoms with Gasteiger partial charge in [0.15, 0.2) is 0 Å². The van der Waals surface area contributed by atoms with Crippen LogP contribution in [0.15, 0.2) is 75.8 Å². The van der Waals surface area contributed by atoms with E-state index in [0.29, 0.717) is 22.1 Å². The SMILES string of the molecule is COc1ccc(Cl)c(NC(=O)c2cc3ccccc3c(N=Nc3cc(S(=O)(=O)O)cc(C)c3Cl)c2[O-])c1.[Na+]. The first-order chi connectivity index (χ1) is 17.5. The van der Waals surface area contributed by atoms with Crippen LogP contribution in [0.2, 0.25) is 10.0 Å². The van der Waals surface area contributed by atoms with Gasteiger partial charge in [0.2, 0.25) is 0 Å². The first kappa shape index (κ1) is 29.9. The largest absolute Gasteiger partial charge is 1.00 e. The van der Waals surface area contributed by atoms with Crippen LogP contribution in [0.1, 0.15) is 15.9 Å². The number of nitrogens with one attached hydrogen (secondary N) is 1. The third-order valence-electron chi connectivity index (χ3n) is 5.41. The number of carbonyl (C=O) groups excluding carboxylic acids is 1. The van der Waals surface area contributed by atoms with Crippen LogP contribution >= 0.6 is 23.2 Å². The van der Waals surface area contributed by atoms with E-state index in [1.54, 1.807) is 36.4 Å². The number of nitrogens with zero attached hydrogens (tertiary/aromatic N) is 2. The fourth-order valence-corrected chi connectivity index (χ4v) is 4.44. The Balaban J connectivity index is 0.00000400. The van der Waals surface area contributed by atoms with E-state index >= 15 is 0 Å². The molecule has 4 aromatic carbocycles. The molecule has 0 saturated carbocycles. The van der Waals surface area contributed by atoms with Crippen LogP contribution in [-0.2, 0) is 10.1 Å². The van der Waals surface area contributed by atoms with E-state index in [1.165, 1.54) is 32.2 Å². The molecule has 2 N–H and O–H groups in total. The van der Waals surface area contributed by atoms with Gasteiger partial charge in [0.25, 0.3) is 16.0 Å². The van der Waals surface area contributed by atoms with E-state index in [0.717, 1.165) is 6.07 Å². The average Bonchev–Trinajstić information content (AvgIpc) is 2.86. The second-order valence-corrected chi connectivity index (χ2v) is 10.1. The zero-order chi connectivity index (χ0) is 26.9. The zero-order valence-corrected chi connectivity index (χ0v) is 24.6. The summed E-state index contributed by atoms with van der Waals surface area (Å²) in [6.45, 7) is 1.53. The summed E-state index contributed by atoms with van der Waals surface area (Å²) in [5.74, 6) is -1.00. The first-order valence-electron chi connectivity index (χ1n) is 10.6. The van der Waals surface area contributed by atoms with E-state index in [4.69, 9.17) is 27.9 Å². The number of benzene rings is 4. The Bertz CT molecular complexity index is 1700. The number of hydrogen-bond acceptors (Lipinski definition) is 7. The summed E-state index contributed by atoms with van der Waals surface area (Å²) in [5.41, 5.74) is 0.0922. The monoisotopic (exact) mass is 581 g/mol. The second kappa shape index (κ2) is 12.0. The Morgan fingerprint density at radius 3 is 2.45 bits per heavy atom. The molecule has 0 fully saturated rings. The molecule has 13 heteroatoms. The molecule has 4 rings (SSSR count). The summed E-state index contributed by atoms with van der Waals surface area (Å²) < 4.78 is 37.8. The molecule has 0 spiro atoms. The summed E-state index contributed by atoms with van der Waals surface area (Å²) >= 11 is 12.4. The maximum Gasteiger partial charge on any atom is 1.00 e. The van der Waals surface area contributed by atoms with Crippen molar-refractivity contribution in [2.45, 2.75) is 11.8 Å². The quantitative estimate of drug-likeness (QED) is 0.203. The Morgan fingerprint density at radius 1 is 1.05 bits per heavy atom. The van der Waals surface area contributed by atoms with Gasteiger partial charge in [-0.3, -0.25) is 9.35 Å². The number of hydrogen-bond donors (Lipinski definition) is 2. The molecule has 0 aromatic heterocycles. The predicted molar refractivity (Wildman–Crippen MR) is 140 cm³/mol. The van der Waals surface area contributed by atoms with E-state index in [2.05, 4.69) is 15.5 Å². The van der Waals surface area contributed by atoms with Gasteiger partial charge in [0.05, 0.1) is 33.4 Å². The van der Waals surface area contributed by atoms with E-state index < -0.39 is 26.7 Å². The second-order valence-electron chi connectivity index (χ2n) is 7.87. The van der Waals surface area contributed by atoms with Crippen LogP contribution < -0.4 is 44.7 Å². The van der Waals surface area contributed by atoms with Gasteiger partial charge in [-0.25, -0.2) is 0 Å². The van der Waals surface area contributed by atoms with Crippen LogP contribution in [0.4, 0.5) is 17.1 Å². The van der Waals surface area contributed by atoms with Gasteiger partial charge in [-0.15, -0.1) is 5.11 Å². The Kier molecular flexibility index (Phi) is 9.43. The van der Waals surface area contributed by atoms with Crippen molar-refractivity contribution in [1.82, 2.24) is 0 Å². The number of ether oxygens (including phenoxy) is 1. The molecule has 0 saturated heterocycles. The minimum Gasteiger partial charge on any atom is -0.870 e. The molecule has 38 heavy (non-hydrogen) atoms. The van der Waals surface area contributed by atoms with Crippen LogP contribution in [-0.4, -0.2) is 26.0 Å². The standard InChI is InChI=1S/C25H19Cl2N3O6S.Na/c1-13-9-16(37(33,34)35)12-21(22(13)27)29-30-23-17-6-4-3-5-14(17)10-18(24(23)31)25(32)28-20-11-15(36-2)7-8-19(20)26;/h3-12,31H,1-2H3,(H,28,32)(H,33,34,35);/q;+1/p-1. The van der Waals surface area contributed by atoms with Crippen LogP contribution in [0, 0.1) is 6.92 Å². The molecule has 9 nitrogen and oxygen atoms in total. The predicted octanol–water partition coefficient (Wildman–Crippen LogP) is 3.46. The van der Waals surface area contributed by atoms with Crippen LogP contribution in [0.25, 0.3) is 10.8 Å². The fourth-order valence-electron chi connectivity index (χ4n) is 3.54. The number of methoxy groups -OCH3 is 1. The normalized spacial score (nSPS) is 11.4. The molecule has 0 heterocycles. The number of halogens is 2. The molecule has 0 bridgehead atoms. The van der Waals surface area contributed by atoms with Gasteiger partial charge in [0.1, 0.15) is 11.4 Å². The summed E-state index contributed by atoms with van der Waals surface area (Å²) in [5, 5.41) is 25.3. The number of carbonyl (C=O) groups is 1. The topological polar surface area (TPSA) is 140 Å². The molecule has 0 aliphatic heterocycles. The number of amides is 1.